The number of carbonyl (C=O) groups is 2. The predicted octanol–water partition coefficient (Wildman–Crippen LogP) is 2.33. The van der Waals surface area contributed by atoms with Crippen LogP contribution >= 0.6 is 12.6 Å². The van der Waals surface area contributed by atoms with Crippen molar-refractivity contribution in [3.8, 4) is 0 Å². The van der Waals surface area contributed by atoms with Crippen LogP contribution in [0.4, 0.5) is 9.59 Å². The first-order valence-electron chi connectivity index (χ1n) is 6.51. The zero-order chi connectivity index (χ0) is 16.0. The molecule has 0 spiro atoms. The largest absolute Gasteiger partial charge is 0.444 e. The van der Waals surface area contributed by atoms with Gasteiger partial charge in [-0.3, -0.25) is 0 Å². The molecule has 0 bridgehead atoms. The van der Waals surface area contributed by atoms with Crippen molar-refractivity contribution >= 4 is 24.8 Å². The molecule has 0 aromatic carbocycles. The van der Waals surface area contributed by atoms with E-state index in [9.17, 15) is 9.59 Å². The molecule has 20 heavy (non-hydrogen) atoms. The van der Waals surface area contributed by atoms with Gasteiger partial charge in [-0.2, -0.15) is 12.6 Å². The lowest BCUT2D eigenvalue weighted by atomic mass is 10.2. The van der Waals surface area contributed by atoms with Crippen LogP contribution in [0.2, 0.25) is 0 Å². The van der Waals surface area contributed by atoms with Crippen LogP contribution in [0.3, 0.4) is 0 Å². The maximum atomic E-state index is 11.4. The summed E-state index contributed by atoms with van der Waals surface area (Å²) in [6, 6.07) is 0. The topological polar surface area (TPSA) is 76.7 Å². The third kappa shape index (κ3) is 12.0. The van der Waals surface area contributed by atoms with E-state index in [1.165, 1.54) is 0 Å². The third-order valence-electron chi connectivity index (χ3n) is 1.76. The highest BCUT2D eigenvalue weighted by Crippen LogP contribution is 2.07. The molecule has 0 unspecified atom stereocenters. The van der Waals surface area contributed by atoms with Crippen LogP contribution < -0.4 is 10.6 Å². The fourth-order valence-electron chi connectivity index (χ4n) is 1.10. The smallest absolute Gasteiger partial charge is 0.407 e. The van der Waals surface area contributed by atoms with Gasteiger partial charge in [0.25, 0.3) is 0 Å². The second-order valence-electron chi connectivity index (χ2n) is 6.42. The van der Waals surface area contributed by atoms with Gasteiger partial charge in [-0.15, -0.1) is 0 Å². The van der Waals surface area contributed by atoms with Crippen LogP contribution in [0.5, 0.6) is 0 Å². The molecule has 0 radical (unpaired) electrons. The normalized spacial score (nSPS) is 12.0. The summed E-state index contributed by atoms with van der Waals surface area (Å²) in [6.45, 7) is 11.3. The van der Waals surface area contributed by atoms with Gasteiger partial charge in [-0.1, -0.05) is 0 Å². The lowest BCUT2D eigenvalue weighted by molar-refractivity contribution is 0.0526. The zero-order valence-electron chi connectivity index (χ0n) is 13.1. The maximum Gasteiger partial charge on any atom is 0.407 e. The fraction of sp³-hybridized carbons (Fsp3) is 0.846. The van der Waals surface area contributed by atoms with Crippen LogP contribution in [0.15, 0.2) is 0 Å². The molecule has 0 aromatic heterocycles. The van der Waals surface area contributed by atoms with Gasteiger partial charge in [0.05, 0.1) is 0 Å². The van der Waals surface area contributed by atoms with Crippen LogP contribution in [0.25, 0.3) is 0 Å². The number of ether oxygens (including phenoxy) is 2. The van der Waals surface area contributed by atoms with E-state index in [4.69, 9.17) is 9.47 Å². The Morgan fingerprint density at radius 1 is 0.900 bits per heavy atom. The number of alkyl carbamates (subject to hydrolysis) is 2. The molecule has 7 heteroatoms. The summed E-state index contributed by atoms with van der Waals surface area (Å²) in [5, 5.41) is 4.94. The Balaban J connectivity index is 3.87. The van der Waals surface area contributed by atoms with Crippen molar-refractivity contribution < 1.29 is 19.1 Å². The van der Waals surface area contributed by atoms with Crippen molar-refractivity contribution in [2.75, 3.05) is 13.1 Å². The summed E-state index contributed by atoms with van der Waals surface area (Å²) in [7, 11) is 0. The number of amides is 2. The molecular formula is C13H26N2O4S. The first kappa shape index (κ1) is 18.9. The Kier molecular flexibility index (Phi) is 7.19. The van der Waals surface area contributed by atoms with Gasteiger partial charge in [0.15, 0.2) is 0 Å². The van der Waals surface area contributed by atoms with Gasteiger partial charge in [-0.05, 0) is 41.5 Å². The number of rotatable bonds is 4. The molecular weight excluding hydrogens is 280 g/mol. The standard InChI is InChI=1S/C13H26N2O4S/c1-12(2,3)18-10(16)14-7-9(20)8-15-11(17)19-13(4,5)6/h9,20H,7-8H2,1-6H3,(H,14,16)(H,15,17). The molecule has 0 aliphatic heterocycles. The van der Waals surface area contributed by atoms with Crippen molar-refractivity contribution in [2.24, 2.45) is 0 Å². The second kappa shape index (κ2) is 7.61. The predicted molar refractivity (Wildman–Crippen MR) is 81.2 cm³/mol. The minimum absolute atomic E-state index is 0.227. The summed E-state index contributed by atoms with van der Waals surface area (Å²) < 4.78 is 10.2. The second-order valence-corrected chi connectivity index (χ2v) is 7.15. The van der Waals surface area contributed by atoms with E-state index < -0.39 is 23.4 Å². The number of nitrogens with one attached hydrogen (secondary N) is 2. The summed E-state index contributed by atoms with van der Waals surface area (Å²) in [5.41, 5.74) is -1.07. The van der Waals surface area contributed by atoms with Gasteiger partial charge in [0.1, 0.15) is 11.2 Å². The average molecular weight is 306 g/mol. The Morgan fingerprint density at radius 3 is 1.45 bits per heavy atom. The van der Waals surface area contributed by atoms with E-state index in [1.807, 2.05) is 0 Å². The van der Waals surface area contributed by atoms with Crippen LogP contribution in [0, 0.1) is 0 Å². The Hall–Kier alpha value is -1.11. The number of hydrogen-bond acceptors (Lipinski definition) is 5. The van der Waals surface area contributed by atoms with E-state index in [-0.39, 0.29) is 18.3 Å². The summed E-state index contributed by atoms with van der Waals surface area (Å²) in [5.74, 6) is 0. The molecule has 0 atom stereocenters. The Labute approximate surface area is 126 Å². The van der Waals surface area contributed by atoms with E-state index in [0.29, 0.717) is 0 Å². The number of carbonyl (C=O) groups excluding carboxylic acids is 2. The maximum absolute atomic E-state index is 11.4. The molecule has 0 saturated carbocycles. The minimum Gasteiger partial charge on any atom is -0.444 e. The van der Waals surface area contributed by atoms with Gasteiger partial charge in [-0.25, -0.2) is 9.59 Å². The molecule has 118 valence electrons. The van der Waals surface area contributed by atoms with E-state index in [1.54, 1.807) is 41.5 Å². The zero-order valence-corrected chi connectivity index (χ0v) is 14.0. The van der Waals surface area contributed by atoms with Gasteiger partial charge in [0, 0.05) is 18.3 Å². The van der Waals surface area contributed by atoms with Gasteiger partial charge >= 0.3 is 12.2 Å². The molecule has 0 aliphatic rings. The first-order valence-corrected chi connectivity index (χ1v) is 7.02. The average Bonchev–Trinajstić information content (AvgIpc) is 2.18. The molecule has 0 heterocycles. The van der Waals surface area contributed by atoms with E-state index in [0.717, 1.165) is 0 Å². The summed E-state index contributed by atoms with van der Waals surface area (Å²) in [4.78, 5) is 22.8. The highest BCUT2D eigenvalue weighted by Gasteiger charge is 2.18. The molecule has 0 saturated heterocycles. The number of hydrogen-bond donors (Lipinski definition) is 3. The monoisotopic (exact) mass is 306 g/mol. The number of thiol groups is 1. The fourth-order valence-corrected chi connectivity index (χ4v) is 1.29. The lowest BCUT2D eigenvalue weighted by Gasteiger charge is -2.22. The van der Waals surface area contributed by atoms with Crippen molar-refractivity contribution in [1.82, 2.24) is 10.6 Å². The minimum atomic E-state index is -0.537. The first-order chi connectivity index (χ1) is 8.89. The highest BCUT2D eigenvalue weighted by atomic mass is 32.1. The lowest BCUT2D eigenvalue weighted by Crippen LogP contribution is -2.41. The Morgan fingerprint density at radius 2 is 1.20 bits per heavy atom. The van der Waals surface area contributed by atoms with Crippen LogP contribution in [-0.2, 0) is 9.47 Å². The summed E-state index contributed by atoms with van der Waals surface area (Å²) in [6.07, 6.45) is -1.01. The van der Waals surface area contributed by atoms with E-state index in [2.05, 4.69) is 23.3 Å². The van der Waals surface area contributed by atoms with Crippen molar-refractivity contribution in [3.05, 3.63) is 0 Å². The highest BCUT2D eigenvalue weighted by molar-refractivity contribution is 7.81. The summed E-state index contributed by atoms with van der Waals surface area (Å²) >= 11 is 4.26. The molecule has 0 fully saturated rings. The van der Waals surface area contributed by atoms with Crippen molar-refractivity contribution in [3.63, 3.8) is 0 Å². The van der Waals surface area contributed by atoms with Gasteiger partial charge in [0.2, 0.25) is 0 Å². The van der Waals surface area contributed by atoms with Crippen molar-refractivity contribution in [2.45, 2.75) is 58.0 Å². The molecule has 2 amide bonds. The van der Waals surface area contributed by atoms with E-state index >= 15 is 0 Å². The SMILES string of the molecule is CC(C)(C)OC(=O)NCC(S)CNC(=O)OC(C)(C)C. The quantitative estimate of drug-likeness (QED) is 0.697. The van der Waals surface area contributed by atoms with Gasteiger partial charge < -0.3 is 20.1 Å². The van der Waals surface area contributed by atoms with Crippen LogP contribution in [0.1, 0.15) is 41.5 Å². The van der Waals surface area contributed by atoms with Crippen molar-refractivity contribution in [1.29, 1.82) is 0 Å². The molecule has 0 aliphatic carbocycles. The third-order valence-corrected chi connectivity index (χ3v) is 2.13. The molecule has 2 N–H and O–H groups in total. The van der Waals surface area contributed by atoms with Crippen LogP contribution in [-0.4, -0.2) is 41.7 Å². The Bertz CT molecular complexity index is 302. The molecule has 6 nitrogen and oxygen atoms in total. The molecule has 0 rings (SSSR count). The molecule has 0 aromatic rings.